The minimum atomic E-state index is -0.265. The van der Waals surface area contributed by atoms with Crippen LogP contribution in [0.15, 0.2) is 67.1 Å². The Hall–Kier alpha value is -3.41. The average molecular weight is 320 g/mol. The molecule has 24 heavy (non-hydrogen) atoms. The summed E-state index contributed by atoms with van der Waals surface area (Å²) in [6.45, 7) is 0.359. The zero-order valence-electron chi connectivity index (χ0n) is 12.8. The highest BCUT2D eigenvalue weighted by Crippen LogP contribution is 2.21. The highest BCUT2D eigenvalue weighted by Gasteiger charge is 2.09. The fraction of sp³-hybridized carbons (Fsp3) is 0.0556. The van der Waals surface area contributed by atoms with Crippen molar-refractivity contribution in [3.8, 4) is 11.5 Å². The van der Waals surface area contributed by atoms with Crippen molar-refractivity contribution in [2.75, 3.05) is 5.73 Å². The van der Waals surface area contributed by atoms with Crippen molar-refractivity contribution in [3.63, 3.8) is 0 Å². The van der Waals surface area contributed by atoms with Gasteiger partial charge >= 0.3 is 0 Å². The van der Waals surface area contributed by atoms with Gasteiger partial charge in [-0.3, -0.25) is 9.78 Å². The molecule has 6 nitrogen and oxygen atoms in total. The van der Waals surface area contributed by atoms with E-state index < -0.39 is 0 Å². The quantitative estimate of drug-likeness (QED) is 0.754. The fourth-order valence-electron chi connectivity index (χ4n) is 2.15. The number of nitrogens with zero attached hydrogens (tertiary/aromatic N) is 2. The van der Waals surface area contributed by atoms with E-state index in [0.717, 1.165) is 5.56 Å². The summed E-state index contributed by atoms with van der Waals surface area (Å²) in [5, 5.41) is 2.82. The first kappa shape index (κ1) is 15.5. The Morgan fingerprint density at radius 3 is 2.71 bits per heavy atom. The normalized spacial score (nSPS) is 10.2. The first-order valence-corrected chi connectivity index (χ1v) is 7.38. The molecule has 0 bridgehead atoms. The average Bonchev–Trinajstić information content (AvgIpc) is 2.61. The van der Waals surface area contributed by atoms with Gasteiger partial charge in [-0.05, 0) is 42.0 Å². The van der Waals surface area contributed by atoms with Gasteiger partial charge in [-0.25, -0.2) is 4.98 Å². The number of amides is 1. The molecule has 3 rings (SSSR count). The molecule has 3 N–H and O–H groups in total. The summed E-state index contributed by atoms with van der Waals surface area (Å²) < 4.78 is 5.72. The smallest absolute Gasteiger partial charge is 0.255 e. The molecular formula is C18H16N4O2. The maximum Gasteiger partial charge on any atom is 0.255 e. The van der Waals surface area contributed by atoms with Crippen LogP contribution in [-0.2, 0) is 6.54 Å². The van der Waals surface area contributed by atoms with E-state index in [2.05, 4.69) is 15.3 Å². The van der Waals surface area contributed by atoms with Crippen molar-refractivity contribution in [2.24, 2.45) is 0 Å². The second-order valence-corrected chi connectivity index (χ2v) is 5.06. The third-order valence-corrected chi connectivity index (χ3v) is 3.30. The van der Waals surface area contributed by atoms with Crippen LogP contribution in [0.2, 0.25) is 0 Å². The molecule has 0 aliphatic carbocycles. The van der Waals surface area contributed by atoms with Crippen molar-refractivity contribution in [1.29, 1.82) is 0 Å². The lowest BCUT2D eigenvalue weighted by Crippen LogP contribution is -2.24. The van der Waals surface area contributed by atoms with E-state index in [9.17, 15) is 4.79 Å². The number of nitrogen functional groups attached to an aromatic ring is 1. The maximum atomic E-state index is 12.1. The molecule has 0 fully saturated rings. The van der Waals surface area contributed by atoms with E-state index in [-0.39, 0.29) is 11.7 Å². The Morgan fingerprint density at radius 2 is 1.92 bits per heavy atom. The molecule has 3 aromatic rings. The van der Waals surface area contributed by atoms with Crippen LogP contribution in [-0.4, -0.2) is 15.9 Å². The van der Waals surface area contributed by atoms with Crippen molar-refractivity contribution in [3.05, 3.63) is 78.2 Å². The Bertz CT molecular complexity index is 837. The number of nitrogens with one attached hydrogen (secondary N) is 1. The van der Waals surface area contributed by atoms with Gasteiger partial charge in [-0.15, -0.1) is 0 Å². The molecule has 6 heteroatoms. The third-order valence-electron chi connectivity index (χ3n) is 3.30. The molecule has 1 amide bonds. The molecule has 0 atom stereocenters. The van der Waals surface area contributed by atoms with E-state index in [1.165, 1.54) is 0 Å². The van der Waals surface area contributed by atoms with Crippen molar-refractivity contribution in [1.82, 2.24) is 15.3 Å². The lowest BCUT2D eigenvalue weighted by Gasteiger charge is -2.09. The number of rotatable bonds is 5. The molecule has 0 aliphatic rings. The number of anilines is 1. The fourth-order valence-corrected chi connectivity index (χ4v) is 2.15. The summed E-state index contributed by atoms with van der Waals surface area (Å²) >= 11 is 0. The molecule has 0 saturated heterocycles. The second-order valence-electron chi connectivity index (χ2n) is 5.06. The van der Waals surface area contributed by atoms with Crippen molar-refractivity contribution < 1.29 is 9.53 Å². The first-order valence-electron chi connectivity index (χ1n) is 7.38. The van der Waals surface area contributed by atoms with Gasteiger partial charge in [0.15, 0.2) is 0 Å². The van der Waals surface area contributed by atoms with E-state index in [1.54, 1.807) is 36.8 Å². The molecule has 0 radical (unpaired) electrons. The number of benzene rings is 1. The Morgan fingerprint density at radius 1 is 1.08 bits per heavy atom. The molecule has 120 valence electrons. The Balaban J connectivity index is 1.65. The van der Waals surface area contributed by atoms with Crippen molar-refractivity contribution in [2.45, 2.75) is 6.54 Å². The molecule has 2 heterocycles. The van der Waals surface area contributed by atoms with Gasteiger partial charge in [-0.1, -0.05) is 12.1 Å². The van der Waals surface area contributed by atoms with E-state index in [4.69, 9.17) is 10.5 Å². The SMILES string of the molecule is Nc1ncccc1C(=O)NCc1cccc(Oc2cccnc2)c1. The first-order chi connectivity index (χ1) is 11.7. The van der Waals surface area contributed by atoms with Gasteiger partial charge < -0.3 is 15.8 Å². The van der Waals surface area contributed by atoms with Crippen LogP contribution < -0.4 is 15.8 Å². The van der Waals surface area contributed by atoms with Gasteiger partial charge in [0.25, 0.3) is 5.91 Å². The molecular weight excluding hydrogens is 304 g/mol. The zero-order chi connectivity index (χ0) is 16.8. The molecule has 2 aromatic heterocycles. The van der Waals surface area contributed by atoms with Crippen LogP contribution in [0.3, 0.4) is 0 Å². The van der Waals surface area contributed by atoms with Crippen molar-refractivity contribution >= 4 is 11.7 Å². The zero-order valence-corrected chi connectivity index (χ0v) is 12.8. The third kappa shape index (κ3) is 3.86. The number of nitrogens with two attached hydrogens (primary N) is 1. The summed E-state index contributed by atoms with van der Waals surface area (Å²) in [5.74, 6) is 1.28. The van der Waals surface area contributed by atoms with Gasteiger partial charge in [0.2, 0.25) is 0 Å². The number of carbonyl (C=O) groups excluding carboxylic acids is 1. The van der Waals surface area contributed by atoms with Crippen LogP contribution in [0.25, 0.3) is 0 Å². The Kier molecular flexibility index (Phi) is 4.67. The summed E-state index contributed by atoms with van der Waals surface area (Å²) in [4.78, 5) is 20.1. The van der Waals surface area contributed by atoms with Crippen LogP contribution in [0.4, 0.5) is 5.82 Å². The van der Waals surface area contributed by atoms with Crippen LogP contribution in [0.1, 0.15) is 15.9 Å². The van der Waals surface area contributed by atoms with E-state index in [1.807, 2.05) is 30.3 Å². The second kappa shape index (κ2) is 7.23. The molecule has 0 spiro atoms. The lowest BCUT2D eigenvalue weighted by molar-refractivity contribution is 0.0951. The summed E-state index contributed by atoms with van der Waals surface area (Å²) in [7, 11) is 0. The molecule has 0 unspecified atom stereocenters. The highest BCUT2D eigenvalue weighted by atomic mass is 16.5. The topological polar surface area (TPSA) is 90.1 Å². The van der Waals surface area contributed by atoms with Crippen LogP contribution in [0.5, 0.6) is 11.5 Å². The van der Waals surface area contributed by atoms with Gasteiger partial charge in [0, 0.05) is 18.9 Å². The summed E-state index contributed by atoms with van der Waals surface area (Å²) in [6, 6.07) is 14.4. The number of hydrogen-bond donors (Lipinski definition) is 2. The molecule has 0 saturated carbocycles. The largest absolute Gasteiger partial charge is 0.456 e. The monoisotopic (exact) mass is 320 g/mol. The van der Waals surface area contributed by atoms with Gasteiger partial charge in [0.1, 0.15) is 17.3 Å². The number of aromatic nitrogens is 2. The Labute approximate surface area is 139 Å². The standard InChI is InChI=1S/C18H16N4O2/c19-17-16(7-3-9-21-17)18(23)22-11-13-4-1-5-14(10-13)24-15-6-2-8-20-12-15/h1-10,12H,11H2,(H2,19,21)(H,22,23). The predicted molar refractivity (Wildman–Crippen MR) is 90.6 cm³/mol. The maximum absolute atomic E-state index is 12.1. The lowest BCUT2D eigenvalue weighted by atomic mass is 10.2. The van der Waals surface area contributed by atoms with Crippen LogP contribution >= 0.6 is 0 Å². The minimum absolute atomic E-state index is 0.212. The number of hydrogen-bond acceptors (Lipinski definition) is 5. The van der Waals surface area contributed by atoms with Gasteiger partial charge in [-0.2, -0.15) is 0 Å². The highest BCUT2D eigenvalue weighted by molar-refractivity contribution is 5.98. The number of ether oxygens (including phenoxy) is 1. The van der Waals surface area contributed by atoms with Gasteiger partial charge in [0.05, 0.1) is 11.8 Å². The number of carbonyl (C=O) groups is 1. The minimum Gasteiger partial charge on any atom is -0.456 e. The summed E-state index contributed by atoms with van der Waals surface area (Å²) in [5.41, 5.74) is 6.97. The molecule has 0 aliphatic heterocycles. The van der Waals surface area contributed by atoms with E-state index in [0.29, 0.717) is 23.6 Å². The predicted octanol–water partition coefficient (Wildman–Crippen LogP) is 2.78. The molecule has 1 aromatic carbocycles. The van der Waals surface area contributed by atoms with Crippen LogP contribution in [0, 0.1) is 0 Å². The number of pyridine rings is 2. The summed E-state index contributed by atoms with van der Waals surface area (Å²) in [6.07, 6.45) is 4.87. The van der Waals surface area contributed by atoms with E-state index >= 15 is 0 Å².